The van der Waals surface area contributed by atoms with Gasteiger partial charge in [0.05, 0.1) is 40.0 Å². The molecule has 0 amide bonds. The van der Waals surface area contributed by atoms with E-state index >= 15 is 0 Å². The first-order valence-corrected chi connectivity index (χ1v) is 9.62. The van der Waals surface area contributed by atoms with Gasteiger partial charge in [-0.05, 0) is 24.3 Å². The fraction of sp³-hybridized carbons (Fsp3) is 0.105. The fourth-order valence-electron chi connectivity index (χ4n) is 2.97. The second-order valence-corrected chi connectivity index (χ2v) is 7.51. The van der Waals surface area contributed by atoms with Gasteiger partial charge in [0.15, 0.2) is 5.13 Å². The number of thiazole rings is 1. The molecule has 0 spiro atoms. The van der Waals surface area contributed by atoms with Crippen molar-refractivity contribution < 1.29 is 13.2 Å². The number of alkyl halides is 2. The molecule has 0 aliphatic heterocycles. The summed E-state index contributed by atoms with van der Waals surface area (Å²) >= 11 is 1.44. The molecule has 2 N–H and O–H groups in total. The van der Waals surface area contributed by atoms with Gasteiger partial charge in [0.2, 0.25) is 5.89 Å². The molecule has 1 aromatic carbocycles. The van der Waals surface area contributed by atoms with Crippen molar-refractivity contribution in [1.82, 2.24) is 29.7 Å². The molecule has 8 nitrogen and oxygen atoms in total. The molecular weight excluding hydrogens is 412 g/mol. The molecule has 0 atom stereocenters. The van der Waals surface area contributed by atoms with Crippen molar-refractivity contribution in [3.8, 4) is 22.7 Å². The Morgan fingerprint density at radius 3 is 2.73 bits per heavy atom. The Labute approximate surface area is 172 Å². The Morgan fingerprint density at radius 1 is 1.10 bits per heavy atom. The number of pyridine rings is 1. The standard InChI is InChI=1S/C19H13F2N7OS/c20-16(21)18-27-26-17(29-18)11-1-3-12(23-6-11)7-28-8-14(24-9-28)10-2-4-13-15(5-10)30-19(22)25-13/h1-6,8-9,16H,7H2,(H2,22,25). The number of nitrogens with zero attached hydrogens (tertiary/aromatic N) is 6. The van der Waals surface area contributed by atoms with Gasteiger partial charge in [0, 0.05) is 18.0 Å². The molecule has 0 unspecified atom stereocenters. The Balaban J connectivity index is 1.33. The largest absolute Gasteiger partial charge is 0.415 e. The molecule has 150 valence electrons. The van der Waals surface area contributed by atoms with Gasteiger partial charge in [-0.2, -0.15) is 8.78 Å². The first kappa shape index (κ1) is 18.3. The number of anilines is 1. The maximum atomic E-state index is 12.6. The Morgan fingerprint density at radius 2 is 1.97 bits per heavy atom. The van der Waals surface area contributed by atoms with Crippen LogP contribution in [0.1, 0.15) is 18.0 Å². The average Bonchev–Trinajstić information content (AvgIpc) is 3.47. The zero-order chi connectivity index (χ0) is 20.7. The van der Waals surface area contributed by atoms with Crippen molar-refractivity contribution >= 4 is 26.7 Å². The van der Waals surface area contributed by atoms with Gasteiger partial charge in [-0.25, -0.2) is 9.97 Å². The molecular formula is C19H13F2N7OS. The van der Waals surface area contributed by atoms with E-state index in [1.54, 1.807) is 18.5 Å². The van der Waals surface area contributed by atoms with Crippen LogP contribution in [-0.4, -0.2) is 29.7 Å². The molecule has 0 saturated carbocycles. The maximum absolute atomic E-state index is 12.6. The van der Waals surface area contributed by atoms with E-state index in [2.05, 4.69) is 25.1 Å². The number of rotatable bonds is 5. The lowest BCUT2D eigenvalue weighted by Gasteiger charge is -2.02. The number of benzene rings is 1. The molecule has 11 heteroatoms. The van der Waals surface area contributed by atoms with Crippen molar-refractivity contribution in [3.05, 3.63) is 60.6 Å². The number of imidazole rings is 1. The predicted octanol–water partition coefficient (Wildman–Crippen LogP) is 4.17. The first-order chi connectivity index (χ1) is 14.5. The topological polar surface area (TPSA) is 109 Å². The minimum Gasteiger partial charge on any atom is -0.415 e. The third kappa shape index (κ3) is 3.50. The van der Waals surface area contributed by atoms with Crippen molar-refractivity contribution in [3.63, 3.8) is 0 Å². The van der Waals surface area contributed by atoms with E-state index in [0.717, 1.165) is 27.2 Å². The Hall–Kier alpha value is -3.73. The van der Waals surface area contributed by atoms with E-state index < -0.39 is 12.3 Å². The third-order valence-corrected chi connectivity index (χ3v) is 5.22. The fourth-order valence-corrected chi connectivity index (χ4v) is 3.74. The quantitative estimate of drug-likeness (QED) is 0.450. The lowest BCUT2D eigenvalue weighted by atomic mass is 10.1. The van der Waals surface area contributed by atoms with Gasteiger partial charge in [0.1, 0.15) is 0 Å². The highest BCUT2D eigenvalue weighted by Gasteiger charge is 2.17. The molecule has 5 rings (SSSR count). The van der Waals surface area contributed by atoms with Gasteiger partial charge in [-0.15, -0.1) is 10.2 Å². The van der Waals surface area contributed by atoms with E-state index in [9.17, 15) is 8.78 Å². The maximum Gasteiger partial charge on any atom is 0.314 e. The van der Waals surface area contributed by atoms with Gasteiger partial charge >= 0.3 is 6.43 Å². The lowest BCUT2D eigenvalue weighted by molar-refractivity contribution is 0.116. The summed E-state index contributed by atoms with van der Waals surface area (Å²) in [7, 11) is 0. The van der Waals surface area contributed by atoms with Crippen molar-refractivity contribution in [1.29, 1.82) is 0 Å². The summed E-state index contributed by atoms with van der Waals surface area (Å²) in [5, 5.41) is 7.47. The molecule has 4 aromatic heterocycles. The number of fused-ring (bicyclic) bond motifs is 1. The smallest absolute Gasteiger partial charge is 0.314 e. The third-order valence-electron chi connectivity index (χ3n) is 4.38. The summed E-state index contributed by atoms with van der Waals surface area (Å²) in [6.45, 7) is 0.495. The van der Waals surface area contributed by atoms with Crippen LogP contribution < -0.4 is 5.73 Å². The van der Waals surface area contributed by atoms with Crippen molar-refractivity contribution in [2.24, 2.45) is 0 Å². The Kier molecular flexibility index (Phi) is 4.43. The van der Waals surface area contributed by atoms with E-state index in [1.807, 2.05) is 29.0 Å². The molecule has 0 radical (unpaired) electrons. The van der Waals surface area contributed by atoms with Crippen LogP contribution in [0.25, 0.3) is 32.9 Å². The number of aromatic nitrogens is 6. The highest BCUT2D eigenvalue weighted by molar-refractivity contribution is 7.22. The van der Waals surface area contributed by atoms with Gasteiger partial charge in [0.25, 0.3) is 5.89 Å². The summed E-state index contributed by atoms with van der Waals surface area (Å²) in [5.41, 5.74) is 9.67. The molecule has 0 bridgehead atoms. The molecule has 5 aromatic rings. The first-order valence-electron chi connectivity index (χ1n) is 8.80. The summed E-state index contributed by atoms with van der Waals surface area (Å²) < 4.78 is 33.0. The minimum absolute atomic E-state index is 0.00774. The van der Waals surface area contributed by atoms with E-state index in [-0.39, 0.29) is 5.89 Å². The van der Waals surface area contributed by atoms with Crippen LogP contribution in [0.15, 0.2) is 53.5 Å². The van der Waals surface area contributed by atoms with Crippen LogP contribution in [0, 0.1) is 0 Å². The molecule has 30 heavy (non-hydrogen) atoms. The van der Waals surface area contributed by atoms with E-state index in [1.165, 1.54) is 17.5 Å². The number of nitrogens with two attached hydrogens (primary N) is 1. The molecule has 0 fully saturated rings. The zero-order valence-corrected chi connectivity index (χ0v) is 16.1. The number of nitrogen functional groups attached to an aromatic ring is 1. The van der Waals surface area contributed by atoms with Crippen LogP contribution in [0.4, 0.5) is 13.9 Å². The van der Waals surface area contributed by atoms with Gasteiger partial charge in [-0.3, -0.25) is 4.98 Å². The van der Waals surface area contributed by atoms with Crippen molar-refractivity contribution in [2.45, 2.75) is 13.0 Å². The van der Waals surface area contributed by atoms with Crippen LogP contribution in [0.3, 0.4) is 0 Å². The number of hydrogen-bond acceptors (Lipinski definition) is 8. The molecule has 4 heterocycles. The SMILES string of the molecule is Nc1nc2ccc(-c3cn(Cc4ccc(-c5nnc(C(F)F)o5)cn4)cn3)cc2s1. The normalized spacial score (nSPS) is 11.6. The van der Waals surface area contributed by atoms with Crippen LogP contribution in [0.5, 0.6) is 0 Å². The predicted molar refractivity (Wildman–Crippen MR) is 107 cm³/mol. The van der Waals surface area contributed by atoms with Gasteiger partial charge < -0.3 is 14.7 Å². The average molecular weight is 425 g/mol. The molecule has 0 aliphatic carbocycles. The van der Waals surface area contributed by atoms with Crippen LogP contribution >= 0.6 is 11.3 Å². The summed E-state index contributed by atoms with van der Waals surface area (Å²) in [6.07, 6.45) is 2.36. The summed E-state index contributed by atoms with van der Waals surface area (Å²) in [6, 6.07) is 9.37. The highest BCUT2D eigenvalue weighted by atomic mass is 32.1. The second-order valence-electron chi connectivity index (χ2n) is 6.45. The Bertz CT molecular complexity index is 1330. The zero-order valence-electron chi connectivity index (χ0n) is 15.2. The molecule has 0 aliphatic rings. The second kappa shape index (κ2) is 7.26. The minimum atomic E-state index is -2.80. The van der Waals surface area contributed by atoms with E-state index in [0.29, 0.717) is 17.2 Å². The monoisotopic (exact) mass is 425 g/mol. The lowest BCUT2D eigenvalue weighted by Crippen LogP contribution is -1.99. The van der Waals surface area contributed by atoms with Crippen molar-refractivity contribution in [2.75, 3.05) is 5.73 Å². The van der Waals surface area contributed by atoms with Gasteiger partial charge in [-0.1, -0.05) is 17.4 Å². The summed E-state index contributed by atoms with van der Waals surface area (Å²) in [4.78, 5) is 13.1. The van der Waals surface area contributed by atoms with Crippen LogP contribution in [0.2, 0.25) is 0 Å². The van der Waals surface area contributed by atoms with E-state index in [4.69, 9.17) is 10.2 Å². The number of halogens is 2. The number of hydrogen-bond donors (Lipinski definition) is 1. The molecule has 0 saturated heterocycles. The summed E-state index contributed by atoms with van der Waals surface area (Å²) in [5.74, 6) is -0.701. The van der Waals surface area contributed by atoms with Crippen LogP contribution in [-0.2, 0) is 6.54 Å². The highest BCUT2D eigenvalue weighted by Crippen LogP contribution is 2.28.